The summed E-state index contributed by atoms with van der Waals surface area (Å²) in [5.41, 5.74) is 0.316. The molecule has 0 fully saturated rings. The molecule has 0 unspecified atom stereocenters. The van der Waals surface area contributed by atoms with Crippen LogP contribution in [0.2, 0.25) is 0 Å². The van der Waals surface area contributed by atoms with Crippen LogP contribution in [-0.4, -0.2) is 54.4 Å². The Balaban J connectivity index is 2.60. The van der Waals surface area contributed by atoms with Crippen molar-refractivity contribution in [1.29, 1.82) is 0 Å². The number of carbonyl (C=O) groups excluding carboxylic acids is 1. The molecular formula is C10H15N3O6S2. The van der Waals surface area contributed by atoms with Gasteiger partial charge in [-0.05, 0) is 0 Å². The van der Waals surface area contributed by atoms with Crippen LogP contribution in [0.1, 0.15) is 12.1 Å². The first-order valence-corrected chi connectivity index (χ1v) is 8.53. The predicted octanol–water partition coefficient (Wildman–Crippen LogP) is -0.991. The van der Waals surface area contributed by atoms with E-state index in [2.05, 4.69) is 15.0 Å². The predicted molar refractivity (Wildman–Crippen MR) is 75.6 cm³/mol. The number of carbonyl (C=O) groups is 2. The van der Waals surface area contributed by atoms with E-state index >= 15 is 0 Å². The lowest BCUT2D eigenvalue weighted by molar-refractivity contribution is -0.142. The summed E-state index contributed by atoms with van der Waals surface area (Å²) in [6.45, 7) is -0.365. The molecule has 0 radical (unpaired) electrons. The second kappa shape index (κ2) is 7.33. The van der Waals surface area contributed by atoms with E-state index in [1.165, 1.54) is 5.38 Å². The number of hydrogen-bond acceptors (Lipinski definition) is 7. The Hall–Kier alpha value is -1.72. The van der Waals surface area contributed by atoms with Gasteiger partial charge in [0.25, 0.3) is 0 Å². The van der Waals surface area contributed by atoms with E-state index in [0.29, 0.717) is 5.69 Å². The summed E-state index contributed by atoms with van der Waals surface area (Å²) in [6, 6.07) is -1.17. The maximum Gasteiger partial charge on any atom is 0.326 e. The third kappa shape index (κ3) is 6.51. The van der Waals surface area contributed by atoms with Crippen LogP contribution in [0.25, 0.3) is 0 Å². The molecule has 0 bridgehead atoms. The molecule has 1 aromatic heterocycles. The van der Waals surface area contributed by atoms with Gasteiger partial charge in [-0.15, -0.1) is 11.3 Å². The average molecular weight is 337 g/mol. The Morgan fingerprint density at radius 3 is 2.67 bits per heavy atom. The fraction of sp³-hybridized carbons (Fsp3) is 0.500. The van der Waals surface area contributed by atoms with Gasteiger partial charge < -0.3 is 15.5 Å². The minimum atomic E-state index is -3.44. The number of thiazole rings is 1. The molecule has 0 aliphatic rings. The van der Waals surface area contributed by atoms with E-state index in [4.69, 9.17) is 10.2 Å². The van der Waals surface area contributed by atoms with Crippen LogP contribution >= 0.6 is 11.3 Å². The van der Waals surface area contributed by atoms with Gasteiger partial charge in [-0.3, -0.25) is 9.52 Å². The summed E-state index contributed by atoms with van der Waals surface area (Å²) in [7, 11) is -3.44. The molecule has 1 atom stereocenters. The third-order valence-electron chi connectivity index (χ3n) is 2.22. The smallest absolute Gasteiger partial charge is 0.326 e. The van der Waals surface area contributed by atoms with Crippen LogP contribution in [0.5, 0.6) is 0 Å². The molecule has 9 nitrogen and oxygen atoms in total. The van der Waals surface area contributed by atoms with E-state index in [1.807, 2.05) is 0 Å². The van der Waals surface area contributed by atoms with Crippen LogP contribution in [-0.2, 0) is 26.0 Å². The highest BCUT2D eigenvalue weighted by atomic mass is 32.2. The van der Waals surface area contributed by atoms with Gasteiger partial charge in [0, 0.05) is 18.4 Å². The van der Waals surface area contributed by atoms with E-state index in [-0.39, 0.29) is 24.6 Å². The maximum absolute atomic E-state index is 11.7. The van der Waals surface area contributed by atoms with Gasteiger partial charge in [0.1, 0.15) is 6.04 Å². The zero-order valence-electron chi connectivity index (χ0n) is 11.1. The van der Waals surface area contributed by atoms with E-state index < -0.39 is 27.9 Å². The number of sulfonamides is 1. The first-order chi connectivity index (χ1) is 9.71. The molecule has 1 rings (SSSR count). The van der Waals surface area contributed by atoms with E-state index in [0.717, 1.165) is 17.6 Å². The van der Waals surface area contributed by atoms with Gasteiger partial charge in [0.2, 0.25) is 15.9 Å². The summed E-state index contributed by atoms with van der Waals surface area (Å²) in [4.78, 5) is 26.4. The van der Waals surface area contributed by atoms with Crippen molar-refractivity contribution in [3.63, 3.8) is 0 Å². The zero-order chi connectivity index (χ0) is 16.0. The lowest BCUT2D eigenvalue weighted by atomic mass is 10.2. The number of hydrogen-bond donors (Lipinski definition) is 4. The molecule has 0 saturated carbocycles. The van der Waals surface area contributed by atoms with Crippen LogP contribution in [0.3, 0.4) is 0 Å². The van der Waals surface area contributed by atoms with Gasteiger partial charge in [-0.1, -0.05) is 0 Å². The fourth-order valence-corrected chi connectivity index (χ4v) is 2.95. The molecule has 11 heteroatoms. The topological polar surface area (TPSA) is 146 Å². The molecule has 0 saturated heterocycles. The van der Waals surface area contributed by atoms with Crippen LogP contribution < -0.4 is 10.0 Å². The Bertz CT molecular complexity index is 612. The van der Waals surface area contributed by atoms with Gasteiger partial charge >= 0.3 is 5.97 Å². The Kier molecular flexibility index (Phi) is 6.05. The summed E-state index contributed by atoms with van der Waals surface area (Å²) < 4.78 is 24.2. The number of nitrogens with one attached hydrogen (secondary N) is 2. The monoisotopic (exact) mass is 337 g/mol. The average Bonchev–Trinajstić information content (AvgIpc) is 2.73. The quantitative estimate of drug-likeness (QED) is 0.476. The van der Waals surface area contributed by atoms with Crippen molar-refractivity contribution >= 4 is 38.4 Å². The normalized spacial score (nSPS) is 12.7. The molecule has 21 heavy (non-hydrogen) atoms. The molecule has 0 spiro atoms. The summed E-state index contributed by atoms with van der Waals surface area (Å²) in [5, 5.41) is 21.4. The Morgan fingerprint density at radius 1 is 1.48 bits per heavy atom. The summed E-state index contributed by atoms with van der Waals surface area (Å²) in [6.07, 6.45) is 0.698. The lowest BCUT2D eigenvalue weighted by Gasteiger charge is -2.12. The van der Waals surface area contributed by atoms with Gasteiger partial charge in [0.05, 0.1) is 18.4 Å². The molecule has 1 heterocycles. The number of amides is 1. The molecule has 0 aliphatic carbocycles. The number of anilines is 1. The summed E-state index contributed by atoms with van der Waals surface area (Å²) >= 11 is 1.02. The molecule has 0 aromatic carbocycles. The molecule has 1 amide bonds. The largest absolute Gasteiger partial charge is 0.480 e. The highest BCUT2D eigenvalue weighted by molar-refractivity contribution is 7.92. The van der Waals surface area contributed by atoms with Crippen LogP contribution in [0.15, 0.2) is 5.38 Å². The Morgan fingerprint density at radius 2 is 2.14 bits per heavy atom. The maximum atomic E-state index is 11.7. The first kappa shape index (κ1) is 17.3. The molecule has 1 aromatic rings. The van der Waals surface area contributed by atoms with Crippen molar-refractivity contribution in [1.82, 2.24) is 10.3 Å². The first-order valence-electron chi connectivity index (χ1n) is 5.76. The number of aliphatic hydroxyl groups is 1. The Labute approximate surface area is 125 Å². The zero-order valence-corrected chi connectivity index (χ0v) is 12.7. The second-order valence-corrected chi connectivity index (χ2v) is 6.77. The highest BCUT2D eigenvalue weighted by Gasteiger charge is 2.20. The SMILES string of the molecule is CS(=O)(=O)Nc1nc(CC(=O)N[C@@H](CCO)C(=O)O)cs1. The number of nitrogens with zero attached hydrogens (tertiary/aromatic N) is 1. The minimum Gasteiger partial charge on any atom is -0.480 e. The van der Waals surface area contributed by atoms with Gasteiger partial charge in [0.15, 0.2) is 5.13 Å². The highest BCUT2D eigenvalue weighted by Crippen LogP contribution is 2.16. The van der Waals surface area contributed by atoms with Crippen molar-refractivity contribution in [2.45, 2.75) is 18.9 Å². The van der Waals surface area contributed by atoms with Crippen LogP contribution in [0, 0.1) is 0 Å². The van der Waals surface area contributed by atoms with Crippen molar-refractivity contribution in [3.8, 4) is 0 Å². The molecule has 0 aliphatic heterocycles. The van der Waals surface area contributed by atoms with E-state index in [1.54, 1.807) is 0 Å². The number of aliphatic carboxylic acids is 1. The molecule has 4 N–H and O–H groups in total. The molecular weight excluding hydrogens is 322 g/mol. The third-order valence-corrected chi connectivity index (χ3v) is 3.72. The van der Waals surface area contributed by atoms with Crippen molar-refractivity contribution in [3.05, 3.63) is 11.1 Å². The van der Waals surface area contributed by atoms with Crippen molar-refractivity contribution in [2.24, 2.45) is 0 Å². The van der Waals surface area contributed by atoms with Crippen LogP contribution in [0.4, 0.5) is 5.13 Å². The minimum absolute atomic E-state index is 0.0982. The summed E-state index contributed by atoms with van der Waals surface area (Å²) in [5.74, 6) is -1.82. The van der Waals surface area contributed by atoms with Gasteiger partial charge in [-0.2, -0.15) is 0 Å². The fourth-order valence-electron chi connectivity index (χ4n) is 1.39. The number of carboxylic acids is 1. The standard InChI is InChI=1S/C10H15N3O6S2/c1-21(18,19)13-10-11-6(5-20-10)4-8(15)12-7(2-3-14)9(16)17/h5,7,14H,2-4H2,1H3,(H,11,13)(H,12,15)(H,16,17)/t7-/m0/s1. The number of aromatic nitrogens is 1. The number of aliphatic hydroxyl groups excluding tert-OH is 1. The van der Waals surface area contributed by atoms with Crippen molar-refractivity contribution < 1.29 is 28.2 Å². The van der Waals surface area contributed by atoms with Gasteiger partial charge in [-0.25, -0.2) is 18.2 Å². The second-order valence-electron chi connectivity index (χ2n) is 4.17. The number of rotatable bonds is 8. The van der Waals surface area contributed by atoms with Crippen molar-refractivity contribution in [2.75, 3.05) is 17.6 Å². The number of carboxylic acid groups (broad SMARTS) is 1. The molecule has 118 valence electrons. The lowest BCUT2D eigenvalue weighted by Crippen LogP contribution is -2.42. The van der Waals surface area contributed by atoms with E-state index in [9.17, 15) is 18.0 Å².